The number of imidazole rings is 1. The van der Waals surface area contributed by atoms with E-state index in [1.54, 1.807) is 18.3 Å². The quantitative estimate of drug-likeness (QED) is 0.725. The van der Waals surface area contributed by atoms with E-state index in [0.717, 1.165) is 16.8 Å². The Bertz CT molecular complexity index is 987. The van der Waals surface area contributed by atoms with Gasteiger partial charge in [-0.05, 0) is 50.1 Å². The third-order valence-corrected chi connectivity index (χ3v) is 4.48. The van der Waals surface area contributed by atoms with Gasteiger partial charge in [0.1, 0.15) is 5.65 Å². The Balaban J connectivity index is 1.74. The van der Waals surface area contributed by atoms with Gasteiger partial charge < -0.3 is 15.0 Å². The van der Waals surface area contributed by atoms with Crippen molar-refractivity contribution in [2.45, 2.75) is 39.7 Å². The number of hydrogen-bond donors (Lipinski definition) is 2. The van der Waals surface area contributed by atoms with Crippen molar-refractivity contribution in [1.82, 2.24) is 14.7 Å². The van der Waals surface area contributed by atoms with Gasteiger partial charge in [0.2, 0.25) is 5.91 Å². The first-order valence-electron chi connectivity index (χ1n) is 8.97. The molecule has 0 aliphatic carbocycles. The van der Waals surface area contributed by atoms with Gasteiger partial charge in [-0.25, -0.2) is 4.98 Å². The number of aryl methyl sites for hydroxylation is 1. The Hall–Kier alpha value is -3.15. The van der Waals surface area contributed by atoms with Crippen LogP contribution in [0.15, 0.2) is 48.8 Å². The predicted molar refractivity (Wildman–Crippen MR) is 106 cm³/mol. The molecule has 0 aliphatic heterocycles. The second-order valence-electron chi connectivity index (χ2n) is 7.16. The number of rotatable bonds is 5. The Kier molecular flexibility index (Phi) is 4.99. The summed E-state index contributed by atoms with van der Waals surface area (Å²) in [5.41, 5.74) is 2.86. The molecule has 0 saturated carbocycles. The molecule has 27 heavy (non-hydrogen) atoms. The van der Waals surface area contributed by atoms with Crippen LogP contribution in [0, 0.1) is 6.92 Å². The smallest absolute Gasteiger partial charge is 0.256 e. The maximum Gasteiger partial charge on any atom is 0.256 e. The van der Waals surface area contributed by atoms with Crippen molar-refractivity contribution in [3.8, 4) is 0 Å². The van der Waals surface area contributed by atoms with Crippen LogP contribution in [0.5, 0.6) is 0 Å². The van der Waals surface area contributed by atoms with Gasteiger partial charge in [-0.1, -0.05) is 25.1 Å². The van der Waals surface area contributed by atoms with Crippen molar-refractivity contribution in [2.24, 2.45) is 0 Å². The molecule has 6 nitrogen and oxygen atoms in total. The van der Waals surface area contributed by atoms with Crippen LogP contribution in [0.4, 0.5) is 5.82 Å². The number of carbonyl (C=O) groups is 2. The van der Waals surface area contributed by atoms with Crippen molar-refractivity contribution in [3.63, 3.8) is 0 Å². The summed E-state index contributed by atoms with van der Waals surface area (Å²) >= 11 is 0. The van der Waals surface area contributed by atoms with E-state index in [1.165, 1.54) is 0 Å². The molecule has 1 aromatic carbocycles. The minimum absolute atomic E-state index is 0.0103. The summed E-state index contributed by atoms with van der Waals surface area (Å²) in [6.45, 7) is 7.70. The minimum atomic E-state index is -0.498. The number of nitrogens with zero attached hydrogens (tertiary/aromatic N) is 2. The first kappa shape index (κ1) is 18.6. The second kappa shape index (κ2) is 7.23. The Morgan fingerprint density at radius 2 is 1.78 bits per heavy atom. The number of aromatic nitrogens is 2. The fraction of sp³-hybridized carbons (Fsp3) is 0.286. The highest BCUT2D eigenvalue weighted by Gasteiger charge is 2.22. The number of nitrogens with one attached hydrogen (secondary N) is 2. The molecular formula is C21H24N4O2. The van der Waals surface area contributed by atoms with Crippen LogP contribution in [0.2, 0.25) is 0 Å². The van der Waals surface area contributed by atoms with E-state index in [9.17, 15) is 9.59 Å². The van der Waals surface area contributed by atoms with Crippen LogP contribution in [0.3, 0.4) is 0 Å². The molecule has 0 bridgehead atoms. The standard InChI is InChI=1S/C21H24N4O2/c1-5-19(26)24-21(3,4)16-9-7-15(8-10-16)20(27)23-17-13-25-12-14(2)6-11-18(25)22-17/h6-13H,5H2,1-4H3,(H,23,27)(H,24,26). The van der Waals surface area contributed by atoms with E-state index in [-0.39, 0.29) is 11.8 Å². The summed E-state index contributed by atoms with van der Waals surface area (Å²) in [5, 5.41) is 5.80. The zero-order valence-electron chi connectivity index (χ0n) is 16.0. The van der Waals surface area contributed by atoms with Gasteiger partial charge in [-0.2, -0.15) is 0 Å². The largest absolute Gasteiger partial charge is 0.347 e. The lowest BCUT2D eigenvalue weighted by Crippen LogP contribution is -2.40. The highest BCUT2D eigenvalue weighted by molar-refractivity contribution is 6.03. The first-order valence-corrected chi connectivity index (χ1v) is 8.97. The zero-order valence-corrected chi connectivity index (χ0v) is 16.0. The van der Waals surface area contributed by atoms with E-state index >= 15 is 0 Å². The number of pyridine rings is 1. The van der Waals surface area contributed by atoms with Gasteiger partial charge in [0.15, 0.2) is 5.82 Å². The zero-order chi connectivity index (χ0) is 19.6. The van der Waals surface area contributed by atoms with Gasteiger partial charge in [0, 0.05) is 18.2 Å². The van der Waals surface area contributed by atoms with Crippen LogP contribution < -0.4 is 10.6 Å². The summed E-state index contributed by atoms with van der Waals surface area (Å²) < 4.78 is 1.88. The van der Waals surface area contributed by atoms with Crippen LogP contribution in [-0.4, -0.2) is 21.2 Å². The number of anilines is 1. The average Bonchev–Trinajstić information content (AvgIpc) is 3.02. The number of carbonyl (C=O) groups excluding carboxylic acids is 2. The molecule has 2 amide bonds. The fourth-order valence-corrected chi connectivity index (χ4v) is 2.90. The molecule has 0 radical (unpaired) electrons. The van der Waals surface area contributed by atoms with Crippen LogP contribution >= 0.6 is 0 Å². The molecule has 0 spiro atoms. The third kappa shape index (κ3) is 4.16. The molecule has 0 unspecified atom stereocenters. The van der Waals surface area contributed by atoms with Gasteiger partial charge in [0.25, 0.3) is 5.91 Å². The maximum absolute atomic E-state index is 12.5. The third-order valence-electron chi connectivity index (χ3n) is 4.48. The average molecular weight is 364 g/mol. The Labute approximate surface area is 158 Å². The summed E-state index contributed by atoms with van der Waals surface area (Å²) in [6.07, 6.45) is 4.18. The topological polar surface area (TPSA) is 75.5 Å². The van der Waals surface area contributed by atoms with E-state index in [0.29, 0.717) is 17.8 Å². The molecule has 0 fully saturated rings. The van der Waals surface area contributed by atoms with Gasteiger partial charge in [-0.3, -0.25) is 9.59 Å². The number of fused-ring (bicyclic) bond motifs is 1. The van der Waals surface area contributed by atoms with Crippen molar-refractivity contribution < 1.29 is 9.59 Å². The van der Waals surface area contributed by atoms with E-state index in [4.69, 9.17) is 0 Å². The van der Waals surface area contributed by atoms with Crippen molar-refractivity contribution in [1.29, 1.82) is 0 Å². The molecule has 3 aromatic rings. The van der Waals surface area contributed by atoms with Crippen molar-refractivity contribution >= 4 is 23.3 Å². The first-order chi connectivity index (χ1) is 12.8. The van der Waals surface area contributed by atoms with Gasteiger partial charge in [0.05, 0.1) is 11.7 Å². The van der Waals surface area contributed by atoms with Crippen LogP contribution in [0.1, 0.15) is 48.7 Å². The molecule has 6 heteroatoms. The molecule has 2 heterocycles. The summed E-state index contributed by atoms with van der Waals surface area (Å²) in [6, 6.07) is 11.1. The van der Waals surface area contributed by atoms with Crippen molar-refractivity contribution in [3.05, 3.63) is 65.5 Å². The van der Waals surface area contributed by atoms with E-state index < -0.39 is 5.54 Å². The van der Waals surface area contributed by atoms with Crippen LogP contribution in [-0.2, 0) is 10.3 Å². The SMILES string of the molecule is CCC(=O)NC(C)(C)c1ccc(C(=O)Nc2cn3cc(C)ccc3n2)cc1. The molecule has 3 rings (SSSR count). The highest BCUT2D eigenvalue weighted by Crippen LogP contribution is 2.21. The van der Waals surface area contributed by atoms with Gasteiger partial charge >= 0.3 is 0 Å². The molecule has 140 valence electrons. The summed E-state index contributed by atoms with van der Waals surface area (Å²) in [4.78, 5) is 28.6. The predicted octanol–water partition coefficient (Wildman–Crippen LogP) is 3.66. The van der Waals surface area contributed by atoms with Crippen LogP contribution in [0.25, 0.3) is 5.65 Å². The molecule has 0 saturated heterocycles. The second-order valence-corrected chi connectivity index (χ2v) is 7.16. The van der Waals surface area contributed by atoms with Gasteiger partial charge in [-0.15, -0.1) is 0 Å². The minimum Gasteiger partial charge on any atom is -0.347 e. The molecule has 0 atom stereocenters. The normalized spacial score (nSPS) is 11.4. The van der Waals surface area contributed by atoms with E-state index in [1.807, 2.05) is 62.6 Å². The Morgan fingerprint density at radius 3 is 2.44 bits per heavy atom. The monoisotopic (exact) mass is 364 g/mol. The molecule has 2 N–H and O–H groups in total. The molecule has 2 aromatic heterocycles. The number of hydrogen-bond acceptors (Lipinski definition) is 3. The van der Waals surface area contributed by atoms with Crippen molar-refractivity contribution in [2.75, 3.05) is 5.32 Å². The highest BCUT2D eigenvalue weighted by atomic mass is 16.2. The molecule has 0 aliphatic rings. The molecular weight excluding hydrogens is 340 g/mol. The summed E-state index contributed by atoms with van der Waals surface area (Å²) in [5.74, 6) is 0.270. The van der Waals surface area contributed by atoms with E-state index in [2.05, 4.69) is 15.6 Å². The Morgan fingerprint density at radius 1 is 1.07 bits per heavy atom. The number of amides is 2. The fourth-order valence-electron chi connectivity index (χ4n) is 2.90. The maximum atomic E-state index is 12.5. The lowest BCUT2D eigenvalue weighted by Gasteiger charge is -2.27. The summed E-state index contributed by atoms with van der Waals surface area (Å²) in [7, 11) is 0. The lowest BCUT2D eigenvalue weighted by molar-refractivity contribution is -0.122. The number of benzene rings is 1. The lowest BCUT2D eigenvalue weighted by atomic mass is 9.93.